The summed E-state index contributed by atoms with van der Waals surface area (Å²) < 4.78 is 9.22. The third-order valence-corrected chi connectivity index (χ3v) is 7.31. The lowest BCUT2D eigenvalue weighted by Crippen LogP contribution is -2.47. The summed E-state index contributed by atoms with van der Waals surface area (Å²) in [6.45, 7) is 5.88. The van der Waals surface area contributed by atoms with Crippen LogP contribution in [0.15, 0.2) is 40.0 Å². The molecular weight excluding hydrogens is 386 g/mol. The van der Waals surface area contributed by atoms with Crippen molar-refractivity contribution in [1.29, 1.82) is 0 Å². The molecule has 0 radical (unpaired) electrons. The highest BCUT2D eigenvalue weighted by Gasteiger charge is 2.56. The number of carbonyl (C=O) groups is 2. The summed E-state index contributed by atoms with van der Waals surface area (Å²) in [7, 11) is 3.23. The summed E-state index contributed by atoms with van der Waals surface area (Å²) in [4.78, 5) is 27.0. The van der Waals surface area contributed by atoms with Crippen molar-refractivity contribution in [2.45, 2.75) is 25.1 Å². The highest BCUT2D eigenvalue weighted by molar-refractivity contribution is 8.28. The molecule has 144 valence electrons. The number of methoxy groups -OCH3 is 1. The molecule has 0 fully saturated rings. The van der Waals surface area contributed by atoms with Gasteiger partial charge in [0.05, 0.1) is 19.4 Å². The molecule has 0 saturated heterocycles. The third kappa shape index (κ3) is 3.29. The molecule has 0 bridgehead atoms. The molecule has 1 aromatic carbocycles. The number of hydrazone groups is 1. The van der Waals surface area contributed by atoms with E-state index in [9.17, 15) is 9.59 Å². The maximum absolute atomic E-state index is 12.3. The molecule has 0 amide bonds. The van der Waals surface area contributed by atoms with Crippen LogP contribution in [0.2, 0.25) is 0 Å². The summed E-state index contributed by atoms with van der Waals surface area (Å²) in [5, 5.41) is 6.55. The standard InChI is InChI=1S/C18H21N3O4S2/c1-6-25-17(23)15-19-21(13-9-7-11(2)8-10-13)18(27-15)20(4)12(3)14(26-18)16(22)24-5/h7-10H,6H2,1-5H3. The largest absolute Gasteiger partial charge is 0.465 e. The number of hydrogen-bond donors (Lipinski definition) is 0. The van der Waals surface area contributed by atoms with Crippen LogP contribution < -0.4 is 5.01 Å². The molecule has 0 saturated carbocycles. The first-order valence-electron chi connectivity index (χ1n) is 8.37. The van der Waals surface area contributed by atoms with Gasteiger partial charge in [-0.05, 0) is 44.7 Å². The Morgan fingerprint density at radius 3 is 2.41 bits per heavy atom. The number of nitrogens with zero attached hydrogens (tertiary/aromatic N) is 3. The molecule has 0 aliphatic carbocycles. The Hall–Kier alpha value is -2.13. The fourth-order valence-corrected chi connectivity index (χ4v) is 5.62. The Labute approximate surface area is 166 Å². The third-order valence-electron chi connectivity index (χ3n) is 4.28. The molecule has 9 heteroatoms. The van der Waals surface area contributed by atoms with Crippen LogP contribution in [0.25, 0.3) is 0 Å². The summed E-state index contributed by atoms with van der Waals surface area (Å²) in [5.74, 6) is -0.884. The van der Waals surface area contributed by atoms with E-state index in [1.807, 2.05) is 50.1 Å². The Morgan fingerprint density at radius 2 is 1.81 bits per heavy atom. The zero-order valence-corrected chi connectivity index (χ0v) is 17.4. The van der Waals surface area contributed by atoms with Gasteiger partial charge in [-0.3, -0.25) is 0 Å². The molecule has 7 nitrogen and oxygen atoms in total. The first-order chi connectivity index (χ1) is 12.8. The Morgan fingerprint density at radius 1 is 1.15 bits per heavy atom. The van der Waals surface area contributed by atoms with Gasteiger partial charge in [0, 0.05) is 12.7 Å². The summed E-state index contributed by atoms with van der Waals surface area (Å²) >= 11 is 2.57. The number of carbonyl (C=O) groups excluding carboxylic acids is 2. The zero-order chi connectivity index (χ0) is 19.8. The molecule has 1 unspecified atom stereocenters. The van der Waals surface area contributed by atoms with Crippen molar-refractivity contribution < 1.29 is 19.1 Å². The fraction of sp³-hybridized carbons (Fsp3) is 0.389. The minimum Gasteiger partial charge on any atom is -0.465 e. The van der Waals surface area contributed by atoms with Crippen LogP contribution >= 0.6 is 23.5 Å². The van der Waals surface area contributed by atoms with E-state index in [0.717, 1.165) is 16.9 Å². The van der Waals surface area contributed by atoms with Crippen molar-refractivity contribution in [2.24, 2.45) is 5.10 Å². The normalized spacial score (nSPS) is 21.7. The van der Waals surface area contributed by atoms with E-state index < -0.39 is 16.3 Å². The number of thioether (sulfide) groups is 2. The summed E-state index contributed by atoms with van der Waals surface area (Å²) in [5.41, 5.74) is 2.69. The maximum atomic E-state index is 12.3. The van der Waals surface area contributed by atoms with E-state index in [4.69, 9.17) is 9.47 Å². The van der Waals surface area contributed by atoms with Gasteiger partial charge in [0.2, 0.25) is 9.37 Å². The second-order valence-corrected chi connectivity index (χ2v) is 8.59. The van der Waals surface area contributed by atoms with Gasteiger partial charge in [-0.25, -0.2) is 14.6 Å². The molecule has 2 aliphatic heterocycles. The minimum absolute atomic E-state index is 0.246. The molecule has 2 aliphatic rings. The van der Waals surface area contributed by atoms with Gasteiger partial charge in [0.1, 0.15) is 4.91 Å². The number of ether oxygens (including phenoxy) is 2. The molecule has 2 heterocycles. The van der Waals surface area contributed by atoms with E-state index in [-0.39, 0.29) is 11.7 Å². The molecule has 3 rings (SSSR count). The topological polar surface area (TPSA) is 71.4 Å². The summed E-state index contributed by atoms with van der Waals surface area (Å²) in [6, 6.07) is 7.84. The highest BCUT2D eigenvalue weighted by atomic mass is 32.2. The van der Waals surface area contributed by atoms with Gasteiger partial charge >= 0.3 is 11.9 Å². The molecule has 0 aromatic heterocycles. The minimum atomic E-state index is -0.842. The van der Waals surface area contributed by atoms with Crippen molar-refractivity contribution in [3.8, 4) is 0 Å². The van der Waals surface area contributed by atoms with Crippen molar-refractivity contribution in [3.05, 3.63) is 40.4 Å². The highest BCUT2D eigenvalue weighted by Crippen LogP contribution is 2.58. The summed E-state index contributed by atoms with van der Waals surface area (Å²) in [6.07, 6.45) is 0. The quantitative estimate of drug-likeness (QED) is 0.705. The maximum Gasteiger partial charge on any atom is 0.365 e. The Kier molecular flexibility index (Phi) is 5.43. The number of allylic oxidation sites excluding steroid dienone is 1. The number of anilines is 1. The van der Waals surface area contributed by atoms with Gasteiger partial charge in [-0.1, -0.05) is 29.5 Å². The average Bonchev–Trinajstić information content (AvgIpc) is 3.16. The van der Waals surface area contributed by atoms with Crippen LogP contribution in [0.1, 0.15) is 19.4 Å². The molecule has 0 N–H and O–H groups in total. The SMILES string of the molecule is CCOC(=O)C1=NN(c2ccc(C)cc2)C2(S1)SC(C(=O)OC)=C(C)N2C. The van der Waals surface area contributed by atoms with Crippen molar-refractivity contribution >= 4 is 46.2 Å². The molecule has 1 spiro atoms. The number of esters is 2. The van der Waals surface area contributed by atoms with E-state index >= 15 is 0 Å². The molecular formula is C18H21N3O4S2. The van der Waals surface area contributed by atoms with Gasteiger partial charge < -0.3 is 14.4 Å². The number of hydrogen-bond acceptors (Lipinski definition) is 9. The van der Waals surface area contributed by atoms with E-state index in [2.05, 4.69) is 5.10 Å². The molecule has 1 atom stereocenters. The van der Waals surface area contributed by atoms with Gasteiger partial charge in [-0.15, -0.1) is 0 Å². The first kappa shape index (κ1) is 19.6. The Bertz CT molecular complexity index is 838. The van der Waals surface area contributed by atoms with Gasteiger partial charge in [-0.2, -0.15) is 5.10 Å². The van der Waals surface area contributed by atoms with Crippen LogP contribution in [0.3, 0.4) is 0 Å². The van der Waals surface area contributed by atoms with Crippen molar-refractivity contribution in [2.75, 3.05) is 25.8 Å². The predicted octanol–water partition coefficient (Wildman–Crippen LogP) is 3.12. The van der Waals surface area contributed by atoms with Crippen LogP contribution in [0, 0.1) is 6.92 Å². The van der Waals surface area contributed by atoms with E-state index in [1.165, 1.54) is 30.6 Å². The zero-order valence-electron chi connectivity index (χ0n) is 15.8. The van der Waals surface area contributed by atoms with Crippen molar-refractivity contribution in [1.82, 2.24) is 4.90 Å². The van der Waals surface area contributed by atoms with Crippen molar-refractivity contribution in [3.63, 3.8) is 0 Å². The van der Waals surface area contributed by atoms with Gasteiger partial charge in [0.25, 0.3) is 0 Å². The van der Waals surface area contributed by atoms with Crippen LogP contribution in [-0.4, -0.2) is 47.0 Å². The van der Waals surface area contributed by atoms with Crippen LogP contribution in [0.5, 0.6) is 0 Å². The lowest BCUT2D eigenvalue weighted by molar-refractivity contribution is -0.135. The fourth-order valence-electron chi connectivity index (χ4n) is 2.72. The number of rotatable bonds is 4. The first-order valence-corrected chi connectivity index (χ1v) is 10.0. The Balaban J connectivity index is 2.04. The number of aryl methyl sites for hydroxylation is 1. The molecule has 1 aromatic rings. The number of benzene rings is 1. The van der Waals surface area contributed by atoms with Crippen LogP contribution in [-0.2, 0) is 19.1 Å². The monoisotopic (exact) mass is 407 g/mol. The second kappa shape index (κ2) is 7.47. The van der Waals surface area contributed by atoms with E-state index in [1.54, 1.807) is 11.9 Å². The lowest BCUT2D eigenvalue weighted by Gasteiger charge is -2.39. The van der Waals surface area contributed by atoms with E-state index in [0.29, 0.717) is 4.91 Å². The average molecular weight is 408 g/mol. The van der Waals surface area contributed by atoms with Gasteiger partial charge in [0.15, 0.2) is 0 Å². The second-order valence-electron chi connectivity index (χ2n) is 5.99. The molecule has 27 heavy (non-hydrogen) atoms. The predicted molar refractivity (Wildman–Crippen MR) is 108 cm³/mol. The van der Waals surface area contributed by atoms with Crippen LogP contribution in [0.4, 0.5) is 5.69 Å². The lowest BCUT2D eigenvalue weighted by atomic mass is 10.2. The smallest absolute Gasteiger partial charge is 0.365 e.